The molecule has 2 N–H and O–H groups in total. The van der Waals surface area contributed by atoms with Crippen molar-refractivity contribution in [3.63, 3.8) is 0 Å². The third kappa shape index (κ3) is 9.43. The Morgan fingerprint density at radius 2 is 0.687 bits per heavy atom. The third-order valence-corrected chi connectivity index (χ3v) is 23.1. The van der Waals surface area contributed by atoms with E-state index in [2.05, 4.69) is 30.2 Å². The predicted octanol–water partition coefficient (Wildman–Crippen LogP) is 11.5. The van der Waals surface area contributed by atoms with Crippen molar-refractivity contribution in [2.45, 2.75) is 303 Å². The zero-order chi connectivity index (χ0) is 45.0. The Morgan fingerprint density at radius 1 is 0.328 bits per heavy atom. The minimum Gasteiger partial charge on any atom is -0.316 e. The standard InChI is InChI=1S/C58H97F3N6/c59-52-31-39(32-53(60)58(52)61)38-29-46(66-54-23-21-44(34-48(54)50-36-62-27-25-56(50)66)64(40-13-5-1-6-14-40)41-15-7-2-8-16-41)33-47(30-38)67-55-24-22-45(35-49(55)51-37-63-28-26-57(51)67)65(42-17-9-3-10-18-42)43-19-11-4-12-20-43/h38-58,62-63H,1-37H2. The van der Waals surface area contributed by atoms with Gasteiger partial charge in [-0.25, -0.2) is 13.2 Å². The summed E-state index contributed by atoms with van der Waals surface area (Å²) in [5.74, 6) is 3.15. The highest BCUT2D eigenvalue weighted by Crippen LogP contribution is 2.55. The summed E-state index contributed by atoms with van der Waals surface area (Å²) in [5.41, 5.74) is 0. The SMILES string of the molecule is FC1CC(C2CC(N3C4CCNCC4C4CC(N(C5CCCCC5)C5CCCCC5)CCC43)CC(N3C4CCNCC4C4CC(N(C5CCCCC5)C5CCCCC5)CCC43)C2)CC(F)C1F. The fourth-order valence-electron chi connectivity index (χ4n) is 20.5. The van der Waals surface area contributed by atoms with Crippen molar-refractivity contribution in [3.8, 4) is 0 Å². The number of likely N-dealkylation sites (tertiary alicyclic amines) is 2. The monoisotopic (exact) mass is 935 g/mol. The molecule has 67 heavy (non-hydrogen) atoms. The summed E-state index contributed by atoms with van der Waals surface area (Å²) in [4.78, 5) is 12.8. The van der Waals surface area contributed by atoms with Crippen molar-refractivity contribution < 1.29 is 13.2 Å². The molecule has 4 heterocycles. The van der Waals surface area contributed by atoms with Crippen LogP contribution in [0.15, 0.2) is 0 Å². The minimum absolute atomic E-state index is 0.0442. The van der Waals surface area contributed by atoms with E-state index in [0.29, 0.717) is 48.1 Å². The van der Waals surface area contributed by atoms with Gasteiger partial charge in [-0.3, -0.25) is 19.6 Å². The van der Waals surface area contributed by atoms with Crippen LogP contribution in [0.2, 0.25) is 0 Å². The van der Waals surface area contributed by atoms with Crippen molar-refractivity contribution in [2.75, 3.05) is 26.2 Å². The van der Waals surface area contributed by atoms with E-state index in [9.17, 15) is 4.39 Å². The maximum atomic E-state index is 15.6. The number of nitrogens with one attached hydrogen (secondary N) is 2. The lowest BCUT2D eigenvalue weighted by atomic mass is 9.68. The summed E-state index contributed by atoms with van der Waals surface area (Å²) >= 11 is 0. The lowest BCUT2D eigenvalue weighted by molar-refractivity contribution is -0.0505. The van der Waals surface area contributed by atoms with E-state index in [1.165, 1.54) is 199 Å². The van der Waals surface area contributed by atoms with Gasteiger partial charge in [0.1, 0.15) is 12.3 Å². The highest BCUT2D eigenvalue weighted by atomic mass is 19.2. The fraction of sp³-hybridized carbons (Fsp3) is 1.00. The Bertz CT molecular complexity index is 1430. The maximum absolute atomic E-state index is 15.6. The second-order valence-corrected chi connectivity index (χ2v) is 26.3. The molecule has 12 fully saturated rings. The fourth-order valence-corrected chi connectivity index (χ4v) is 20.5. The molecule has 14 unspecified atom stereocenters. The number of halogens is 3. The highest BCUT2D eigenvalue weighted by molar-refractivity contribution is 5.14. The average molecular weight is 935 g/mol. The average Bonchev–Trinajstić information content (AvgIpc) is 3.89. The van der Waals surface area contributed by atoms with Crippen LogP contribution in [-0.2, 0) is 0 Å². The van der Waals surface area contributed by atoms with E-state index >= 15 is 8.78 Å². The molecule has 12 rings (SSSR count). The van der Waals surface area contributed by atoms with Crippen LogP contribution in [0, 0.1) is 35.5 Å². The maximum Gasteiger partial charge on any atom is 0.162 e. The second kappa shape index (κ2) is 21.2. The third-order valence-electron chi connectivity index (χ3n) is 23.1. The first-order valence-corrected chi connectivity index (χ1v) is 30.4. The Kier molecular flexibility index (Phi) is 15.0. The first-order valence-electron chi connectivity index (χ1n) is 30.4. The molecule has 0 aromatic rings. The number of hydrogen-bond donors (Lipinski definition) is 2. The Labute approximate surface area is 406 Å². The Hall–Kier alpha value is -0.450. The largest absolute Gasteiger partial charge is 0.316 e. The van der Waals surface area contributed by atoms with E-state index in [4.69, 9.17) is 0 Å². The van der Waals surface area contributed by atoms with Gasteiger partial charge in [-0.15, -0.1) is 0 Å². The van der Waals surface area contributed by atoms with Crippen LogP contribution in [0.3, 0.4) is 0 Å². The summed E-state index contributed by atoms with van der Waals surface area (Å²) < 4.78 is 46.2. The van der Waals surface area contributed by atoms with Crippen molar-refractivity contribution in [1.29, 1.82) is 0 Å². The topological polar surface area (TPSA) is 37.0 Å². The molecule has 0 bridgehead atoms. The molecule has 8 aliphatic carbocycles. The molecule has 12 aliphatic rings. The molecule has 4 saturated heterocycles. The smallest absolute Gasteiger partial charge is 0.162 e. The zero-order valence-electron chi connectivity index (χ0n) is 42.2. The van der Waals surface area contributed by atoms with Crippen LogP contribution in [0.4, 0.5) is 13.2 Å². The van der Waals surface area contributed by atoms with E-state index in [-0.39, 0.29) is 24.7 Å². The van der Waals surface area contributed by atoms with Gasteiger partial charge in [0.05, 0.1) is 0 Å². The van der Waals surface area contributed by atoms with E-state index in [1.807, 2.05) is 0 Å². The number of rotatable bonds is 9. The van der Waals surface area contributed by atoms with Crippen molar-refractivity contribution in [1.82, 2.24) is 30.2 Å². The molecule has 9 heteroatoms. The van der Waals surface area contributed by atoms with Gasteiger partial charge in [-0.2, -0.15) is 0 Å². The van der Waals surface area contributed by atoms with Gasteiger partial charge in [-0.05, 0) is 197 Å². The Morgan fingerprint density at radius 3 is 1.07 bits per heavy atom. The molecule has 0 aromatic heterocycles. The van der Waals surface area contributed by atoms with Crippen LogP contribution in [0.5, 0.6) is 0 Å². The van der Waals surface area contributed by atoms with Gasteiger partial charge in [0.25, 0.3) is 0 Å². The van der Waals surface area contributed by atoms with Gasteiger partial charge in [-0.1, -0.05) is 77.0 Å². The second-order valence-electron chi connectivity index (χ2n) is 26.3. The van der Waals surface area contributed by atoms with Gasteiger partial charge in [0.2, 0.25) is 0 Å². The molecular formula is C58H97F3N6. The quantitative estimate of drug-likeness (QED) is 0.240. The van der Waals surface area contributed by atoms with Crippen LogP contribution >= 0.6 is 0 Å². The number of nitrogens with zero attached hydrogens (tertiary/aromatic N) is 4. The van der Waals surface area contributed by atoms with Crippen LogP contribution < -0.4 is 10.6 Å². The molecule has 8 saturated carbocycles. The van der Waals surface area contributed by atoms with Crippen LogP contribution in [0.1, 0.15) is 212 Å². The molecule has 6 nitrogen and oxygen atoms in total. The van der Waals surface area contributed by atoms with Crippen LogP contribution in [-0.4, -0.2) is 137 Å². The lowest BCUT2D eigenvalue weighted by Crippen LogP contribution is -2.59. The van der Waals surface area contributed by atoms with E-state index < -0.39 is 18.5 Å². The molecule has 0 spiro atoms. The van der Waals surface area contributed by atoms with Crippen LogP contribution in [0.25, 0.3) is 0 Å². The normalized spacial score (nSPS) is 47.1. The summed E-state index contributed by atoms with van der Waals surface area (Å²) in [6, 6.07) is 8.14. The van der Waals surface area contributed by atoms with Crippen molar-refractivity contribution >= 4 is 0 Å². The van der Waals surface area contributed by atoms with Crippen molar-refractivity contribution in [3.05, 3.63) is 0 Å². The first kappa shape index (κ1) is 47.5. The van der Waals surface area contributed by atoms with Gasteiger partial charge in [0, 0.05) is 72.5 Å². The molecule has 14 atom stereocenters. The molecule has 0 aromatic carbocycles. The highest BCUT2D eigenvalue weighted by Gasteiger charge is 2.59. The van der Waals surface area contributed by atoms with Gasteiger partial charge in [0.15, 0.2) is 6.17 Å². The summed E-state index contributed by atoms with van der Waals surface area (Å²) in [6.07, 6.45) is 37.8. The van der Waals surface area contributed by atoms with Crippen molar-refractivity contribution in [2.24, 2.45) is 35.5 Å². The van der Waals surface area contributed by atoms with Gasteiger partial charge < -0.3 is 10.6 Å². The molecular weight excluding hydrogens is 838 g/mol. The summed E-state index contributed by atoms with van der Waals surface area (Å²) in [5, 5.41) is 7.90. The van der Waals surface area contributed by atoms with E-state index in [1.54, 1.807) is 0 Å². The molecule has 4 aliphatic heterocycles. The molecule has 380 valence electrons. The molecule has 0 amide bonds. The number of hydrogen-bond acceptors (Lipinski definition) is 6. The predicted molar refractivity (Wildman–Crippen MR) is 267 cm³/mol. The number of alkyl halides is 3. The summed E-state index contributed by atoms with van der Waals surface area (Å²) in [6.45, 7) is 4.58. The minimum atomic E-state index is -1.94. The number of piperidine rings is 2. The Balaban J connectivity index is 0.833. The summed E-state index contributed by atoms with van der Waals surface area (Å²) in [7, 11) is 0. The van der Waals surface area contributed by atoms with Gasteiger partial charge >= 0.3 is 0 Å². The lowest BCUT2D eigenvalue weighted by Gasteiger charge is -2.53. The molecule has 0 radical (unpaired) electrons. The first-order chi connectivity index (χ1) is 33.0. The van der Waals surface area contributed by atoms with E-state index in [0.717, 1.165) is 74.0 Å². The number of fused-ring (bicyclic) bond motifs is 6. The zero-order valence-corrected chi connectivity index (χ0v) is 42.2.